The van der Waals surface area contributed by atoms with Gasteiger partial charge >= 0.3 is 11.9 Å². The minimum absolute atomic E-state index is 0.0767. The largest absolute Gasteiger partial charge is 0.459 e. The molecule has 3 rings (SSSR count). The van der Waals surface area contributed by atoms with Crippen molar-refractivity contribution < 1.29 is 19.1 Å². The molecule has 6 nitrogen and oxygen atoms in total. The number of nitrogens with zero attached hydrogens (tertiary/aromatic N) is 2. The number of amides is 2. The second-order valence-electron chi connectivity index (χ2n) is 4.93. The first-order chi connectivity index (χ1) is 11.0. The van der Waals surface area contributed by atoms with Gasteiger partial charge in [0.2, 0.25) is 0 Å². The number of esters is 1. The Hall–Kier alpha value is -1.86. The molecule has 0 saturated carbocycles. The van der Waals surface area contributed by atoms with Gasteiger partial charge in [0, 0.05) is 0 Å². The smallest absolute Gasteiger partial charge is 0.397 e. The molecule has 0 aliphatic carbocycles. The van der Waals surface area contributed by atoms with Gasteiger partial charge in [-0.25, -0.2) is 4.79 Å². The fourth-order valence-corrected chi connectivity index (χ4v) is 4.02. The molecular weight excluding hydrogens is 340 g/mol. The van der Waals surface area contributed by atoms with Gasteiger partial charge in [0.1, 0.15) is 10.8 Å². The normalized spacial score (nSPS) is 23.7. The summed E-state index contributed by atoms with van der Waals surface area (Å²) in [4.78, 5) is 40.7. The summed E-state index contributed by atoms with van der Waals surface area (Å²) in [7, 11) is 0. The van der Waals surface area contributed by atoms with E-state index in [0.717, 1.165) is 10.5 Å². The van der Waals surface area contributed by atoms with Crippen molar-refractivity contribution in [2.24, 2.45) is 4.99 Å². The van der Waals surface area contributed by atoms with Gasteiger partial charge in [-0.2, -0.15) is 0 Å². The standard InChI is InChI=1S/C15H13ClN2O4S/c1-2-22-15(21)13(20)18-12(19)10-14(18)23-11(17-10)9(16)8-6-4-3-5-7-8/h3-7,9-10,14H,2H2,1H3. The lowest BCUT2D eigenvalue weighted by Crippen LogP contribution is -2.64. The van der Waals surface area contributed by atoms with Crippen molar-refractivity contribution in [3.05, 3.63) is 35.9 Å². The lowest BCUT2D eigenvalue weighted by atomic mass is 10.1. The van der Waals surface area contributed by atoms with Crippen LogP contribution >= 0.6 is 23.4 Å². The van der Waals surface area contributed by atoms with Crippen LogP contribution in [0.4, 0.5) is 0 Å². The molecule has 3 atom stereocenters. The predicted molar refractivity (Wildman–Crippen MR) is 86.1 cm³/mol. The Morgan fingerprint density at radius 3 is 2.74 bits per heavy atom. The molecule has 1 saturated heterocycles. The SMILES string of the molecule is CCOC(=O)C(=O)N1C(=O)C2N=C(C(Cl)c3ccccc3)SC21. The number of ether oxygens (including phenoxy) is 1. The van der Waals surface area contributed by atoms with Crippen LogP contribution in [-0.2, 0) is 19.1 Å². The van der Waals surface area contributed by atoms with Crippen molar-refractivity contribution in [3.63, 3.8) is 0 Å². The van der Waals surface area contributed by atoms with E-state index in [-0.39, 0.29) is 6.61 Å². The van der Waals surface area contributed by atoms with E-state index in [2.05, 4.69) is 9.73 Å². The third kappa shape index (κ3) is 2.74. The molecule has 1 fully saturated rings. The maximum Gasteiger partial charge on any atom is 0.397 e. The zero-order valence-electron chi connectivity index (χ0n) is 12.1. The van der Waals surface area contributed by atoms with Crippen molar-refractivity contribution in [1.82, 2.24) is 4.90 Å². The van der Waals surface area contributed by atoms with Crippen molar-refractivity contribution in [2.75, 3.05) is 6.61 Å². The number of likely N-dealkylation sites (tertiary alicyclic amines) is 1. The average molecular weight is 353 g/mol. The number of carbonyl (C=O) groups excluding carboxylic acids is 3. The van der Waals surface area contributed by atoms with Gasteiger partial charge in [-0.05, 0) is 12.5 Å². The minimum Gasteiger partial charge on any atom is -0.459 e. The number of imide groups is 1. The van der Waals surface area contributed by atoms with E-state index in [0.29, 0.717) is 5.04 Å². The van der Waals surface area contributed by atoms with Crippen molar-refractivity contribution >= 4 is 46.2 Å². The number of alkyl halides is 1. The van der Waals surface area contributed by atoms with E-state index in [1.807, 2.05) is 30.3 Å². The average Bonchev–Trinajstić information content (AvgIpc) is 2.95. The first-order valence-electron chi connectivity index (χ1n) is 7.02. The van der Waals surface area contributed by atoms with E-state index in [4.69, 9.17) is 11.6 Å². The number of aliphatic imine (C=N–C) groups is 1. The second-order valence-corrected chi connectivity index (χ2v) is 6.50. The highest BCUT2D eigenvalue weighted by molar-refractivity contribution is 8.15. The van der Waals surface area contributed by atoms with Gasteiger partial charge in [-0.3, -0.25) is 19.5 Å². The van der Waals surface area contributed by atoms with Crippen LogP contribution in [0.5, 0.6) is 0 Å². The van der Waals surface area contributed by atoms with Gasteiger partial charge in [-0.15, -0.1) is 11.6 Å². The zero-order chi connectivity index (χ0) is 16.6. The van der Waals surface area contributed by atoms with Crippen LogP contribution in [0.3, 0.4) is 0 Å². The molecule has 120 valence electrons. The Balaban J connectivity index is 1.72. The Labute approximate surface area is 141 Å². The van der Waals surface area contributed by atoms with Crippen molar-refractivity contribution in [1.29, 1.82) is 0 Å². The zero-order valence-corrected chi connectivity index (χ0v) is 13.7. The Bertz CT molecular complexity index is 694. The molecule has 3 unspecified atom stereocenters. The number of thioether (sulfide) groups is 1. The maximum atomic E-state index is 12.0. The van der Waals surface area contributed by atoms with E-state index in [1.165, 1.54) is 11.8 Å². The molecule has 2 aliphatic rings. The Morgan fingerprint density at radius 1 is 1.39 bits per heavy atom. The van der Waals surface area contributed by atoms with Crippen LogP contribution in [-0.4, -0.2) is 45.7 Å². The van der Waals surface area contributed by atoms with Gasteiger partial charge in [0.05, 0.1) is 11.7 Å². The molecule has 0 aromatic heterocycles. The van der Waals surface area contributed by atoms with Gasteiger partial charge < -0.3 is 4.74 Å². The van der Waals surface area contributed by atoms with Gasteiger partial charge in [0.15, 0.2) is 6.04 Å². The van der Waals surface area contributed by atoms with Gasteiger partial charge in [0.25, 0.3) is 5.91 Å². The first-order valence-corrected chi connectivity index (χ1v) is 8.33. The summed E-state index contributed by atoms with van der Waals surface area (Å²) in [5.74, 6) is -2.47. The molecule has 23 heavy (non-hydrogen) atoms. The number of β-lactam (4-membered cyclic amide) rings is 1. The topological polar surface area (TPSA) is 76.0 Å². The number of hydrogen-bond acceptors (Lipinski definition) is 6. The summed E-state index contributed by atoms with van der Waals surface area (Å²) in [5.41, 5.74) is 0.859. The summed E-state index contributed by atoms with van der Waals surface area (Å²) >= 11 is 7.63. The van der Waals surface area contributed by atoms with E-state index in [1.54, 1.807) is 6.92 Å². The van der Waals surface area contributed by atoms with Crippen molar-refractivity contribution in [3.8, 4) is 0 Å². The summed E-state index contributed by atoms with van der Waals surface area (Å²) in [6.45, 7) is 1.67. The quantitative estimate of drug-likeness (QED) is 0.358. The number of rotatable bonds is 3. The third-order valence-electron chi connectivity index (χ3n) is 3.50. The fraction of sp³-hybridized carbons (Fsp3) is 0.333. The predicted octanol–water partition coefficient (Wildman–Crippen LogP) is 1.74. The number of carbonyl (C=O) groups is 3. The molecule has 2 amide bonds. The molecule has 0 radical (unpaired) electrons. The van der Waals surface area contributed by atoms with Crippen molar-refractivity contribution in [2.45, 2.75) is 23.7 Å². The summed E-state index contributed by atoms with van der Waals surface area (Å²) < 4.78 is 4.65. The second kappa shape index (κ2) is 6.33. The first kappa shape index (κ1) is 16.0. The summed E-state index contributed by atoms with van der Waals surface area (Å²) in [5, 5.41) is -0.432. The Morgan fingerprint density at radius 2 is 2.09 bits per heavy atom. The van der Waals surface area contributed by atoms with Gasteiger partial charge in [-0.1, -0.05) is 42.1 Å². The lowest BCUT2D eigenvalue weighted by molar-refractivity contribution is -0.169. The molecule has 0 bridgehead atoms. The number of halogens is 1. The molecule has 1 aromatic rings. The molecule has 0 spiro atoms. The van der Waals surface area contributed by atoms with Crippen LogP contribution in [0, 0.1) is 0 Å². The number of fused-ring (bicyclic) bond motifs is 1. The highest BCUT2D eigenvalue weighted by Gasteiger charge is 2.57. The maximum absolute atomic E-state index is 12.0. The number of hydrogen-bond donors (Lipinski definition) is 0. The van der Waals surface area contributed by atoms with E-state index >= 15 is 0 Å². The van der Waals surface area contributed by atoms with Crippen LogP contribution in [0.2, 0.25) is 0 Å². The highest BCUT2D eigenvalue weighted by atomic mass is 35.5. The molecule has 2 heterocycles. The minimum atomic E-state index is -1.03. The molecular formula is C15H13ClN2O4S. The fourth-order valence-electron chi connectivity index (χ4n) is 2.37. The Kier molecular flexibility index (Phi) is 4.41. The van der Waals surface area contributed by atoms with E-state index < -0.39 is 34.6 Å². The monoisotopic (exact) mass is 352 g/mol. The van der Waals surface area contributed by atoms with Crippen LogP contribution in [0.15, 0.2) is 35.3 Å². The van der Waals surface area contributed by atoms with Crippen LogP contribution in [0.1, 0.15) is 17.9 Å². The molecule has 2 aliphatic heterocycles. The van der Waals surface area contributed by atoms with Crippen LogP contribution < -0.4 is 0 Å². The highest BCUT2D eigenvalue weighted by Crippen LogP contribution is 2.44. The van der Waals surface area contributed by atoms with Crippen LogP contribution in [0.25, 0.3) is 0 Å². The number of benzene rings is 1. The summed E-state index contributed by atoms with van der Waals surface area (Å²) in [6, 6.07) is 8.68. The van der Waals surface area contributed by atoms with E-state index in [9.17, 15) is 14.4 Å². The lowest BCUT2D eigenvalue weighted by Gasteiger charge is -2.38. The molecule has 8 heteroatoms. The molecule has 0 N–H and O–H groups in total. The summed E-state index contributed by atoms with van der Waals surface area (Å²) in [6.07, 6.45) is 0. The third-order valence-corrected chi connectivity index (χ3v) is 5.38. The molecule has 1 aromatic carbocycles.